The van der Waals surface area contributed by atoms with E-state index in [-0.39, 0.29) is 12.0 Å². The molecule has 424 valence electrons. The molecule has 0 amide bonds. The molecule has 81 heavy (non-hydrogen) atoms. The van der Waals surface area contributed by atoms with Crippen LogP contribution in [0.3, 0.4) is 0 Å². The molecule has 2 fully saturated rings. The second kappa shape index (κ2) is 28.1. The van der Waals surface area contributed by atoms with Gasteiger partial charge in [0, 0.05) is 52.2 Å². The smallest absolute Gasteiger partial charge is 0.0345 e. The minimum absolute atomic E-state index is 0.152. The van der Waals surface area contributed by atoms with Crippen molar-refractivity contribution in [2.45, 2.75) is 167 Å². The van der Waals surface area contributed by atoms with Gasteiger partial charge in [-0.3, -0.25) is 0 Å². The lowest BCUT2D eigenvalue weighted by Gasteiger charge is -2.31. The number of benzene rings is 5. The van der Waals surface area contributed by atoms with E-state index in [0.717, 1.165) is 66.0 Å². The first-order valence-electron chi connectivity index (χ1n) is 30.9. The van der Waals surface area contributed by atoms with E-state index in [2.05, 4.69) is 149 Å². The summed E-state index contributed by atoms with van der Waals surface area (Å²) in [6.45, 7) is 9.15. The first-order valence-corrected chi connectivity index (χ1v) is 30.9. The average Bonchev–Trinajstić information content (AvgIpc) is 3.50. The topological polar surface area (TPSA) is 156 Å². The maximum absolute atomic E-state index is 6.06. The fourth-order valence-corrected chi connectivity index (χ4v) is 13.9. The molecule has 5 aromatic carbocycles. The van der Waals surface area contributed by atoms with E-state index >= 15 is 0 Å². The monoisotopic (exact) mass is 1080 g/mol. The summed E-state index contributed by atoms with van der Waals surface area (Å²) in [6.07, 6.45) is 44.4. The van der Waals surface area contributed by atoms with Crippen molar-refractivity contribution in [1.82, 2.24) is 0 Å². The van der Waals surface area contributed by atoms with Crippen LogP contribution in [-0.2, 0) is 0 Å². The Morgan fingerprint density at radius 2 is 0.963 bits per heavy atom. The van der Waals surface area contributed by atoms with Gasteiger partial charge in [-0.1, -0.05) is 190 Å². The van der Waals surface area contributed by atoms with Crippen LogP contribution < -0.4 is 34.4 Å². The zero-order valence-corrected chi connectivity index (χ0v) is 49.3. The number of nitrogen functional groups attached to an aromatic ring is 4. The molecule has 2 saturated carbocycles. The van der Waals surface area contributed by atoms with Gasteiger partial charge in [0.15, 0.2) is 0 Å². The SMILES string of the molecule is CCC(C)C1=CC=C(C(c2ccc(N)cc2)C2C=CC(N)=CC2)CC1.Cc1cc(C2CCCCC2)cc(C)c1C(c1ccc(N)cc1)c1ccc(N)cc1.Nc1ccc(C(C2=CCC(N)C=C2)C2=CC=C(C3CCCCC3)CC2)cc1. The third kappa shape index (κ3) is 15.3. The van der Waals surface area contributed by atoms with Crippen molar-refractivity contribution in [2.75, 3.05) is 22.9 Å². The van der Waals surface area contributed by atoms with Crippen LogP contribution in [0.4, 0.5) is 22.7 Å². The fourth-order valence-electron chi connectivity index (χ4n) is 13.9. The number of anilines is 4. The van der Waals surface area contributed by atoms with Gasteiger partial charge in [0.05, 0.1) is 0 Å². The molecule has 6 aliphatic rings. The zero-order chi connectivity index (χ0) is 56.8. The lowest BCUT2D eigenvalue weighted by atomic mass is 9.73. The van der Waals surface area contributed by atoms with Crippen LogP contribution in [0, 0.1) is 31.6 Å². The number of rotatable bonds is 13. The summed E-state index contributed by atoms with van der Waals surface area (Å²) in [6, 6.07) is 38.5. The zero-order valence-electron chi connectivity index (χ0n) is 49.3. The van der Waals surface area contributed by atoms with Gasteiger partial charge in [-0.2, -0.15) is 0 Å². The van der Waals surface area contributed by atoms with Gasteiger partial charge < -0.3 is 34.4 Å². The van der Waals surface area contributed by atoms with Crippen molar-refractivity contribution in [3.05, 3.63) is 248 Å². The van der Waals surface area contributed by atoms with Gasteiger partial charge in [0.1, 0.15) is 0 Å². The minimum atomic E-state index is 0.152. The maximum atomic E-state index is 6.06. The molecule has 0 spiro atoms. The molecule has 0 saturated heterocycles. The highest BCUT2D eigenvalue weighted by molar-refractivity contribution is 5.55. The molecule has 6 aliphatic carbocycles. The summed E-state index contributed by atoms with van der Waals surface area (Å²) in [5, 5.41) is 0. The van der Waals surface area contributed by atoms with Crippen LogP contribution in [-0.4, -0.2) is 6.04 Å². The molecule has 6 heteroatoms. The van der Waals surface area contributed by atoms with Crippen LogP contribution in [0.5, 0.6) is 0 Å². The van der Waals surface area contributed by atoms with Crippen molar-refractivity contribution in [3.63, 3.8) is 0 Å². The first kappa shape index (κ1) is 58.6. The van der Waals surface area contributed by atoms with Crippen LogP contribution in [0.25, 0.3) is 0 Å². The predicted octanol–water partition coefficient (Wildman–Crippen LogP) is 18.0. The molecule has 11 rings (SSSR count). The number of nitrogens with two attached hydrogens (primary N) is 6. The molecule has 0 aliphatic heterocycles. The second-order valence-corrected chi connectivity index (χ2v) is 24.4. The lowest BCUT2D eigenvalue weighted by Crippen LogP contribution is -2.19. The van der Waals surface area contributed by atoms with Crippen molar-refractivity contribution in [3.8, 4) is 0 Å². The van der Waals surface area contributed by atoms with Crippen molar-refractivity contribution >= 4 is 22.7 Å². The van der Waals surface area contributed by atoms with Gasteiger partial charge in [0.25, 0.3) is 0 Å². The van der Waals surface area contributed by atoms with E-state index in [4.69, 9.17) is 34.4 Å². The molecular weight excluding hydrogens is 985 g/mol. The summed E-state index contributed by atoms with van der Waals surface area (Å²) in [7, 11) is 0. The Balaban J connectivity index is 0.000000147. The summed E-state index contributed by atoms with van der Waals surface area (Å²) in [4.78, 5) is 0. The van der Waals surface area contributed by atoms with Gasteiger partial charge in [-0.25, -0.2) is 0 Å². The van der Waals surface area contributed by atoms with Crippen LogP contribution in [0.15, 0.2) is 204 Å². The highest BCUT2D eigenvalue weighted by atomic mass is 14.6. The van der Waals surface area contributed by atoms with Crippen LogP contribution in [0.2, 0.25) is 0 Å². The Hall–Kier alpha value is -7.02. The minimum Gasteiger partial charge on any atom is -0.399 e. The van der Waals surface area contributed by atoms with Crippen molar-refractivity contribution in [1.29, 1.82) is 0 Å². The summed E-state index contributed by atoms with van der Waals surface area (Å²) >= 11 is 0. The van der Waals surface area contributed by atoms with E-state index in [1.165, 1.54) is 145 Å². The molecule has 5 atom stereocenters. The average molecular weight is 1080 g/mol. The molecule has 0 bridgehead atoms. The molecule has 12 N–H and O–H groups in total. The van der Waals surface area contributed by atoms with E-state index in [1.807, 2.05) is 48.5 Å². The molecule has 0 radical (unpaired) electrons. The van der Waals surface area contributed by atoms with Gasteiger partial charge in [-0.15, -0.1) is 0 Å². The Morgan fingerprint density at radius 1 is 0.481 bits per heavy atom. The largest absolute Gasteiger partial charge is 0.399 e. The van der Waals surface area contributed by atoms with E-state index in [1.54, 1.807) is 11.1 Å². The van der Waals surface area contributed by atoms with Gasteiger partial charge >= 0.3 is 0 Å². The highest BCUT2D eigenvalue weighted by Crippen LogP contribution is 2.45. The quantitative estimate of drug-likeness (QED) is 0.0509. The van der Waals surface area contributed by atoms with Crippen LogP contribution >= 0.6 is 0 Å². The number of allylic oxidation sites excluding steroid dienone is 13. The standard InChI is InChI=1S/C27H32N2.C25H32N2.C23H30N2/c1-18-16-23(20-6-4-3-5-7-20)17-19(2)26(18)27(21-8-12-24(28)13-9-21)22-10-14-25(29)15-11-22;26-23-14-10-21(11-15-23)25(22-12-16-24(27)17-13-22)20-8-6-19(7-9-20)18-4-2-1-3-5-18;1-3-16(2)17-4-6-18(7-5-17)23(19-8-12-21(24)13-9-19)20-10-14-22(25)15-11-20/h8-17,20,27H,3-7,28-29H2,1-2H3;6,8,10-16,18,24-25H,1-5,7,9,17,26-27H2;4,6,8-10,12-16,20,23H,3,5,7,11,24-25H2,1-2H3. The Labute approximate surface area is 487 Å². The Morgan fingerprint density at radius 3 is 1.42 bits per heavy atom. The summed E-state index contributed by atoms with van der Waals surface area (Å²) in [5.74, 6) is 3.59. The predicted molar refractivity (Wildman–Crippen MR) is 348 cm³/mol. The number of aryl methyl sites for hydroxylation is 2. The van der Waals surface area contributed by atoms with Crippen molar-refractivity contribution < 1.29 is 0 Å². The summed E-state index contributed by atoms with van der Waals surface area (Å²) < 4.78 is 0. The molecule has 0 heterocycles. The molecule has 5 unspecified atom stereocenters. The first-order chi connectivity index (χ1) is 39.3. The third-order valence-corrected chi connectivity index (χ3v) is 18.7. The third-order valence-electron chi connectivity index (χ3n) is 18.7. The Kier molecular flexibility index (Phi) is 20.3. The van der Waals surface area contributed by atoms with E-state index in [9.17, 15) is 0 Å². The normalized spacial score (nSPS) is 20.6. The van der Waals surface area contributed by atoms with Gasteiger partial charge in [0.2, 0.25) is 0 Å². The highest BCUT2D eigenvalue weighted by Gasteiger charge is 2.29. The number of hydrogen-bond acceptors (Lipinski definition) is 6. The molecule has 6 nitrogen and oxygen atoms in total. The van der Waals surface area contributed by atoms with Gasteiger partial charge in [-0.05, 0) is 213 Å². The second-order valence-electron chi connectivity index (χ2n) is 24.4. The lowest BCUT2D eigenvalue weighted by molar-refractivity contribution is 0.393. The maximum Gasteiger partial charge on any atom is 0.0345 e. The van der Waals surface area contributed by atoms with Crippen molar-refractivity contribution in [2.24, 2.45) is 29.2 Å². The summed E-state index contributed by atoms with van der Waals surface area (Å²) in [5.41, 5.74) is 58.5. The number of hydrogen-bond donors (Lipinski definition) is 6. The molecular formula is C75H94N6. The van der Waals surface area contributed by atoms with E-state index in [0.29, 0.717) is 23.7 Å². The fraction of sp³-hybridized carbons (Fsp3) is 0.387. The van der Waals surface area contributed by atoms with E-state index < -0.39 is 0 Å². The molecule has 0 aromatic heterocycles. The molecule has 5 aromatic rings. The van der Waals surface area contributed by atoms with Crippen LogP contribution in [0.1, 0.15) is 191 Å². The Bertz CT molecular complexity index is 3060.